The predicted molar refractivity (Wildman–Crippen MR) is 154 cm³/mol. The molecule has 2 aromatic carbocycles. The molecule has 0 spiro atoms. The van der Waals surface area contributed by atoms with Crippen molar-refractivity contribution >= 4 is 11.6 Å². The largest absolute Gasteiger partial charge is 0.486 e. The Hall–Kier alpha value is -4.05. The van der Waals surface area contributed by atoms with E-state index in [-0.39, 0.29) is 18.1 Å². The third-order valence-corrected chi connectivity index (χ3v) is 7.28. The Morgan fingerprint density at radius 2 is 1.95 bits per heavy atom. The number of carbonyl (C=O) groups excluding carboxylic acids is 1. The number of rotatable bonds is 8. The number of amides is 1. The van der Waals surface area contributed by atoms with Crippen LogP contribution in [-0.2, 0) is 11.3 Å². The fourth-order valence-corrected chi connectivity index (χ4v) is 5.17. The Morgan fingerprint density at radius 1 is 1.10 bits per heavy atom. The van der Waals surface area contributed by atoms with E-state index in [1.807, 2.05) is 66.2 Å². The molecule has 0 aliphatic carbocycles. The van der Waals surface area contributed by atoms with Gasteiger partial charge in [-0.25, -0.2) is 4.98 Å². The van der Waals surface area contributed by atoms with E-state index in [1.54, 1.807) is 12.5 Å². The van der Waals surface area contributed by atoms with E-state index >= 15 is 0 Å². The summed E-state index contributed by atoms with van der Waals surface area (Å²) in [5, 5.41) is 3.07. The van der Waals surface area contributed by atoms with E-state index in [4.69, 9.17) is 15.2 Å². The zero-order chi connectivity index (χ0) is 27.5. The second-order valence-corrected chi connectivity index (χ2v) is 10.6. The van der Waals surface area contributed by atoms with Crippen LogP contribution >= 0.6 is 0 Å². The van der Waals surface area contributed by atoms with Crippen LogP contribution in [0.1, 0.15) is 34.6 Å². The average Bonchev–Trinajstić information content (AvgIpc) is 3.37. The highest BCUT2D eigenvalue weighted by molar-refractivity contribution is 6.03. The van der Waals surface area contributed by atoms with Gasteiger partial charge in [0, 0.05) is 42.9 Å². The minimum Gasteiger partial charge on any atom is -0.486 e. The molecule has 1 atom stereocenters. The number of anilines is 1. The summed E-state index contributed by atoms with van der Waals surface area (Å²) in [4.78, 5) is 24.5. The molecule has 4 aromatic rings. The number of imidazole rings is 1. The number of benzene rings is 2. The molecule has 0 radical (unpaired) electrons. The molecule has 6 rings (SSSR count). The molecule has 0 unspecified atom stereocenters. The van der Waals surface area contributed by atoms with Gasteiger partial charge in [0.25, 0.3) is 5.91 Å². The number of aromatic nitrogens is 3. The van der Waals surface area contributed by atoms with E-state index < -0.39 is 0 Å². The number of ether oxygens (including phenoxy) is 2. The Bertz CT molecular complexity index is 1480. The van der Waals surface area contributed by atoms with Crippen LogP contribution in [0.3, 0.4) is 0 Å². The monoisotopic (exact) mass is 538 g/mol. The van der Waals surface area contributed by atoms with Gasteiger partial charge in [0.05, 0.1) is 25.2 Å². The Kier molecular flexibility index (Phi) is 7.59. The van der Waals surface area contributed by atoms with Crippen molar-refractivity contribution < 1.29 is 14.3 Å². The first kappa shape index (κ1) is 26.2. The number of nitrogens with one attached hydrogen (secondary N) is 1. The van der Waals surface area contributed by atoms with Crippen molar-refractivity contribution in [2.75, 3.05) is 31.6 Å². The Balaban J connectivity index is 1.21. The molecule has 206 valence electrons. The number of piperidine rings is 1. The van der Waals surface area contributed by atoms with Gasteiger partial charge in [-0.15, -0.1) is 0 Å². The van der Waals surface area contributed by atoms with Gasteiger partial charge in [0.15, 0.2) is 0 Å². The van der Waals surface area contributed by atoms with Crippen LogP contribution in [-0.4, -0.2) is 63.8 Å². The van der Waals surface area contributed by atoms with Crippen LogP contribution in [0, 0.1) is 6.92 Å². The number of likely N-dealkylation sites (tertiary alicyclic amines) is 1. The molecule has 2 fully saturated rings. The quantitative estimate of drug-likeness (QED) is 0.346. The lowest BCUT2D eigenvalue weighted by Gasteiger charge is -2.30. The topological polar surface area (TPSA) is 108 Å². The third-order valence-electron chi connectivity index (χ3n) is 7.28. The number of hydrogen-bond donors (Lipinski definition) is 2. The SMILES string of the molecule is Cc1cn(-c2cc(CN3CCC[C@H](N)C3)cc(NC(=O)c3cc(-c4ccc(OC5COC5)cc4)ccn3)c2)cn1. The fraction of sp³-hybridized carbons (Fsp3) is 0.323. The van der Waals surface area contributed by atoms with Crippen LogP contribution in [0.2, 0.25) is 0 Å². The first-order chi connectivity index (χ1) is 19.5. The van der Waals surface area contributed by atoms with Gasteiger partial charge in [0.2, 0.25) is 0 Å². The molecule has 2 saturated heterocycles. The highest BCUT2D eigenvalue weighted by atomic mass is 16.6. The predicted octanol–water partition coefficient (Wildman–Crippen LogP) is 4.20. The van der Waals surface area contributed by atoms with E-state index in [0.29, 0.717) is 24.6 Å². The summed E-state index contributed by atoms with van der Waals surface area (Å²) >= 11 is 0. The minimum absolute atomic E-state index is 0.122. The summed E-state index contributed by atoms with van der Waals surface area (Å²) in [6, 6.07) is 17.9. The van der Waals surface area contributed by atoms with Gasteiger partial charge in [-0.05, 0) is 85.5 Å². The summed E-state index contributed by atoms with van der Waals surface area (Å²) in [6.07, 6.45) is 7.71. The normalized spacial score (nSPS) is 17.8. The highest BCUT2D eigenvalue weighted by Gasteiger charge is 2.20. The lowest BCUT2D eigenvalue weighted by molar-refractivity contribution is -0.0796. The van der Waals surface area contributed by atoms with Gasteiger partial charge in [-0.3, -0.25) is 14.7 Å². The zero-order valence-corrected chi connectivity index (χ0v) is 22.6. The number of carbonyl (C=O) groups is 1. The van der Waals surface area contributed by atoms with E-state index in [1.165, 1.54) is 0 Å². The first-order valence-corrected chi connectivity index (χ1v) is 13.7. The van der Waals surface area contributed by atoms with Crippen molar-refractivity contribution in [3.63, 3.8) is 0 Å². The van der Waals surface area contributed by atoms with E-state index in [9.17, 15) is 4.79 Å². The van der Waals surface area contributed by atoms with Crippen LogP contribution in [0.5, 0.6) is 5.75 Å². The molecule has 2 aliphatic heterocycles. The lowest BCUT2D eigenvalue weighted by atomic mass is 10.0. The number of nitrogens with two attached hydrogens (primary N) is 1. The smallest absolute Gasteiger partial charge is 0.274 e. The summed E-state index contributed by atoms with van der Waals surface area (Å²) in [7, 11) is 0. The Labute approximate surface area is 234 Å². The zero-order valence-electron chi connectivity index (χ0n) is 22.6. The third kappa shape index (κ3) is 6.22. The van der Waals surface area contributed by atoms with Crippen molar-refractivity contribution in [2.45, 2.75) is 38.5 Å². The molecule has 40 heavy (non-hydrogen) atoms. The number of aryl methyl sites for hydroxylation is 1. The molecule has 4 heterocycles. The lowest BCUT2D eigenvalue weighted by Crippen LogP contribution is -2.42. The fourth-order valence-electron chi connectivity index (χ4n) is 5.17. The summed E-state index contributed by atoms with van der Waals surface area (Å²) in [6.45, 7) is 5.87. The van der Waals surface area contributed by atoms with Crippen molar-refractivity contribution in [3.8, 4) is 22.6 Å². The molecule has 3 N–H and O–H groups in total. The van der Waals surface area contributed by atoms with Crippen molar-refractivity contribution in [2.24, 2.45) is 5.73 Å². The van der Waals surface area contributed by atoms with Gasteiger partial charge in [-0.2, -0.15) is 0 Å². The van der Waals surface area contributed by atoms with Gasteiger partial charge in [0.1, 0.15) is 17.5 Å². The molecule has 1 amide bonds. The Morgan fingerprint density at radius 3 is 2.67 bits per heavy atom. The number of pyridine rings is 1. The number of nitrogens with zero attached hydrogens (tertiary/aromatic N) is 4. The van der Waals surface area contributed by atoms with Crippen molar-refractivity contribution in [3.05, 3.63) is 90.3 Å². The van der Waals surface area contributed by atoms with Gasteiger partial charge in [-0.1, -0.05) is 12.1 Å². The van der Waals surface area contributed by atoms with Crippen LogP contribution in [0.25, 0.3) is 16.8 Å². The average molecular weight is 539 g/mol. The summed E-state index contributed by atoms with van der Waals surface area (Å²) in [5.74, 6) is 0.538. The molecular formula is C31H34N6O3. The molecule has 2 aromatic heterocycles. The minimum atomic E-state index is -0.267. The standard InChI is InChI=1S/C31H34N6O3/c1-21-15-37(20-34-21)27-12-22(16-36-10-2-3-25(32)17-36)11-26(14-27)35-31(38)30-13-24(8-9-33-30)23-4-6-28(7-5-23)40-29-18-39-19-29/h4-9,11-15,20,25,29H,2-3,10,16-19,32H2,1H3,(H,35,38)/t25-/m0/s1. The van der Waals surface area contributed by atoms with E-state index in [0.717, 1.165) is 66.3 Å². The van der Waals surface area contributed by atoms with Gasteiger partial charge >= 0.3 is 0 Å². The van der Waals surface area contributed by atoms with Crippen molar-refractivity contribution in [1.82, 2.24) is 19.4 Å². The van der Waals surface area contributed by atoms with Gasteiger partial charge < -0.3 is 25.1 Å². The maximum Gasteiger partial charge on any atom is 0.274 e. The van der Waals surface area contributed by atoms with Crippen molar-refractivity contribution in [1.29, 1.82) is 0 Å². The molecule has 0 bridgehead atoms. The number of hydrogen-bond acceptors (Lipinski definition) is 7. The van der Waals surface area contributed by atoms with Crippen LogP contribution in [0.15, 0.2) is 73.3 Å². The second kappa shape index (κ2) is 11.6. The molecule has 0 saturated carbocycles. The van der Waals surface area contributed by atoms with E-state index in [2.05, 4.69) is 26.3 Å². The van der Waals surface area contributed by atoms with Crippen LogP contribution < -0.4 is 15.8 Å². The summed E-state index contributed by atoms with van der Waals surface area (Å²) in [5.41, 5.74) is 12.1. The first-order valence-electron chi connectivity index (χ1n) is 13.7. The molecule has 2 aliphatic rings. The molecule has 9 nitrogen and oxygen atoms in total. The second-order valence-electron chi connectivity index (χ2n) is 10.6. The molecular weight excluding hydrogens is 504 g/mol. The van der Waals surface area contributed by atoms with Crippen LogP contribution in [0.4, 0.5) is 5.69 Å². The molecule has 9 heteroatoms. The highest BCUT2D eigenvalue weighted by Crippen LogP contribution is 2.26. The maximum atomic E-state index is 13.4. The maximum absolute atomic E-state index is 13.4. The summed E-state index contributed by atoms with van der Waals surface area (Å²) < 4.78 is 13.0.